The Kier molecular flexibility index (Phi) is 4.71. The van der Waals surface area contributed by atoms with Crippen LogP contribution in [-0.4, -0.2) is 62.0 Å². The van der Waals surface area contributed by atoms with Crippen LogP contribution in [0, 0.1) is 17.2 Å². The second-order valence-electron chi connectivity index (χ2n) is 4.49. The van der Waals surface area contributed by atoms with E-state index in [2.05, 4.69) is 29.2 Å². The third kappa shape index (κ3) is 3.47. The van der Waals surface area contributed by atoms with Gasteiger partial charge >= 0.3 is 0 Å². The van der Waals surface area contributed by atoms with E-state index in [-0.39, 0.29) is 5.91 Å². The molecule has 90 valence electrons. The lowest BCUT2D eigenvalue weighted by atomic mass is 10.1. The zero-order valence-electron chi connectivity index (χ0n) is 10.2. The van der Waals surface area contributed by atoms with E-state index in [1.165, 1.54) is 0 Å². The second-order valence-corrected chi connectivity index (χ2v) is 4.49. The zero-order chi connectivity index (χ0) is 12.1. The van der Waals surface area contributed by atoms with Crippen molar-refractivity contribution in [3.8, 4) is 6.07 Å². The quantitative estimate of drug-likeness (QED) is 0.702. The number of likely N-dealkylation sites (N-methyl/N-ethyl adjacent to an activating group) is 2. The van der Waals surface area contributed by atoms with Crippen LogP contribution < -0.4 is 5.32 Å². The van der Waals surface area contributed by atoms with Crippen molar-refractivity contribution in [3.63, 3.8) is 0 Å². The number of nitrogens with one attached hydrogen (secondary N) is 1. The number of piperazine rings is 1. The third-order valence-electron chi connectivity index (χ3n) is 3.08. The van der Waals surface area contributed by atoms with Crippen LogP contribution in [-0.2, 0) is 4.79 Å². The number of nitrogens with zero attached hydrogens (tertiary/aromatic N) is 3. The summed E-state index contributed by atoms with van der Waals surface area (Å²) in [5, 5.41) is 11.4. The maximum atomic E-state index is 11.4. The van der Waals surface area contributed by atoms with E-state index in [1.807, 2.05) is 6.07 Å². The molecule has 1 N–H and O–H groups in total. The molecule has 1 aliphatic heterocycles. The topological polar surface area (TPSA) is 59.4 Å². The first-order chi connectivity index (χ1) is 7.54. The Bertz CT molecular complexity index is 286. The molecule has 0 aromatic carbocycles. The highest BCUT2D eigenvalue weighted by atomic mass is 16.1. The molecule has 1 saturated heterocycles. The molecule has 0 aromatic rings. The van der Waals surface area contributed by atoms with Gasteiger partial charge in [0.15, 0.2) is 0 Å². The standard InChI is InChI=1S/C11H20N4O/c1-9(6-12)11(16)13-7-10-8-14(2)4-5-15(10)3/h9-10H,4-5,7-8H2,1-3H3,(H,13,16). The van der Waals surface area contributed by atoms with Gasteiger partial charge in [0.2, 0.25) is 5.91 Å². The number of nitriles is 1. The van der Waals surface area contributed by atoms with Crippen LogP contribution in [0.1, 0.15) is 6.92 Å². The summed E-state index contributed by atoms with van der Waals surface area (Å²) in [7, 11) is 4.15. The molecule has 16 heavy (non-hydrogen) atoms. The summed E-state index contributed by atoms with van der Waals surface area (Å²) in [4.78, 5) is 15.9. The van der Waals surface area contributed by atoms with E-state index < -0.39 is 5.92 Å². The highest BCUT2D eigenvalue weighted by Gasteiger charge is 2.23. The molecule has 1 heterocycles. The maximum Gasteiger partial charge on any atom is 0.237 e. The maximum absolute atomic E-state index is 11.4. The molecule has 1 amide bonds. The van der Waals surface area contributed by atoms with E-state index in [1.54, 1.807) is 6.92 Å². The molecule has 0 aromatic heterocycles. The number of hydrogen-bond acceptors (Lipinski definition) is 4. The first kappa shape index (κ1) is 12.9. The Hall–Kier alpha value is -1.12. The van der Waals surface area contributed by atoms with Gasteiger partial charge in [-0.2, -0.15) is 5.26 Å². The number of amides is 1. The molecule has 0 spiro atoms. The number of carbonyl (C=O) groups is 1. The van der Waals surface area contributed by atoms with Gasteiger partial charge in [-0.3, -0.25) is 9.69 Å². The number of rotatable bonds is 3. The van der Waals surface area contributed by atoms with Gasteiger partial charge in [0, 0.05) is 32.2 Å². The summed E-state index contributed by atoms with van der Waals surface area (Å²) in [5.41, 5.74) is 0. The van der Waals surface area contributed by atoms with Crippen LogP contribution in [0.3, 0.4) is 0 Å². The molecule has 1 rings (SSSR count). The fourth-order valence-corrected chi connectivity index (χ4v) is 1.75. The summed E-state index contributed by atoms with van der Waals surface area (Å²) in [6, 6.07) is 2.28. The molecule has 0 saturated carbocycles. The summed E-state index contributed by atoms with van der Waals surface area (Å²) in [5.74, 6) is -0.740. The van der Waals surface area contributed by atoms with Crippen molar-refractivity contribution in [2.45, 2.75) is 13.0 Å². The van der Waals surface area contributed by atoms with E-state index in [9.17, 15) is 4.79 Å². The first-order valence-electron chi connectivity index (χ1n) is 5.60. The molecular formula is C11H20N4O. The molecule has 1 fully saturated rings. The molecule has 1 aliphatic rings. The Morgan fingerprint density at radius 3 is 2.88 bits per heavy atom. The highest BCUT2D eigenvalue weighted by Crippen LogP contribution is 2.05. The minimum atomic E-state index is -0.563. The number of hydrogen-bond donors (Lipinski definition) is 1. The number of carbonyl (C=O) groups excluding carboxylic acids is 1. The van der Waals surface area contributed by atoms with E-state index in [4.69, 9.17) is 5.26 Å². The van der Waals surface area contributed by atoms with Crippen molar-refractivity contribution in [1.82, 2.24) is 15.1 Å². The monoisotopic (exact) mass is 224 g/mol. The van der Waals surface area contributed by atoms with Gasteiger partial charge in [-0.25, -0.2) is 0 Å². The van der Waals surface area contributed by atoms with Gasteiger partial charge in [0.05, 0.1) is 6.07 Å². The van der Waals surface area contributed by atoms with Crippen LogP contribution in [0.2, 0.25) is 0 Å². The third-order valence-corrected chi connectivity index (χ3v) is 3.08. The Morgan fingerprint density at radius 2 is 2.25 bits per heavy atom. The fourth-order valence-electron chi connectivity index (χ4n) is 1.75. The predicted octanol–water partition coefficient (Wildman–Crippen LogP) is -0.492. The molecule has 2 unspecified atom stereocenters. The van der Waals surface area contributed by atoms with Crippen LogP contribution in [0.4, 0.5) is 0 Å². The van der Waals surface area contributed by atoms with Crippen molar-refractivity contribution in [2.24, 2.45) is 5.92 Å². The summed E-state index contributed by atoms with van der Waals surface area (Å²) >= 11 is 0. The fraction of sp³-hybridized carbons (Fsp3) is 0.818. The second kappa shape index (κ2) is 5.83. The Labute approximate surface area is 97.0 Å². The van der Waals surface area contributed by atoms with Crippen molar-refractivity contribution < 1.29 is 4.79 Å². The lowest BCUT2D eigenvalue weighted by molar-refractivity contribution is -0.123. The van der Waals surface area contributed by atoms with Crippen molar-refractivity contribution in [1.29, 1.82) is 5.26 Å². The minimum Gasteiger partial charge on any atom is -0.353 e. The zero-order valence-corrected chi connectivity index (χ0v) is 10.2. The molecule has 5 nitrogen and oxygen atoms in total. The molecule has 0 bridgehead atoms. The molecule has 5 heteroatoms. The van der Waals surface area contributed by atoms with Crippen molar-refractivity contribution in [2.75, 3.05) is 40.3 Å². The lowest BCUT2D eigenvalue weighted by Gasteiger charge is -2.37. The van der Waals surface area contributed by atoms with E-state index in [0.29, 0.717) is 12.6 Å². The van der Waals surface area contributed by atoms with Gasteiger partial charge in [-0.1, -0.05) is 0 Å². The largest absolute Gasteiger partial charge is 0.353 e. The van der Waals surface area contributed by atoms with Crippen LogP contribution in [0.25, 0.3) is 0 Å². The average Bonchev–Trinajstić information content (AvgIpc) is 2.28. The van der Waals surface area contributed by atoms with Crippen LogP contribution in [0.15, 0.2) is 0 Å². The Balaban J connectivity index is 2.36. The predicted molar refractivity (Wildman–Crippen MR) is 61.7 cm³/mol. The normalized spacial score (nSPS) is 24.8. The van der Waals surface area contributed by atoms with Gasteiger partial charge < -0.3 is 10.2 Å². The van der Waals surface area contributed by atoms with Crippen molar-refractivity contribution in [3.05, 3.63) is 0 Å². The van der Waals surface area contributed by atoms with Crippen LogP contribution in [0.5, 0.6) is 0 Å². The van der Waals surface area contributed by atoms with Gasteiger partial charge in [0.25, 0.3) is 0 Å². The highest BCUT2D eigenvalue weighted by molar-refractivity contribution is 5.80. The van der Waals surface area contributed by atoms with Crippen molar-refractivity contribution >= 4 is 5.91 Å². The lowest BCUT2D eigenvalue weighted by Crippen LogP contribution is -2.54. The van der Waals surface area contributed by atoms with E-state index in [0.717, 1.165) is 19.6 Å². The molecule has 0 aliphatic carbocycles. The SMILES string of the molecule is CC(C#N)C(=O)NCC1CN(C)CCN1C. The molecule has 0 radical (unpaired) electrons. The first-order valence-corrected chi connectivity index (χ1v) is 5.60. The Morgan fingerprint density at radius 1 is 1.56 bits per heavy atom. The van der Waals surface area contributed by atoms with Gasteiger partial charge in [-0.05, 0) is 21.0 Å². The van der Waals surface area contributed by atoms with Gasteiger partial charge in [-0.15, -0.1) is 0 Å². The summed E-state index contributed by atoms with van der Waals surface area (Å²) < 4.78 is 0. The summed E-state index contributed by atoms with van der Waals surface area (Å²) in [6.07, 6.45) is 0. The minimum absolute atomic E-state index is 0.177. The van der Waals surface area contributed by atoms with Gasteiger partial charge in [0.1, 0.15) is 5.92 Å². The van der Waals surface area contributed by atoms with E-state index >= 15 is 0 Å². The molecular weight excluding hydrogens is 204 g/mol. The molecule has 2 atom stereocenters. The van der Waals surface area contributed by atoms with Crippen LogP contribution >= 0.6 is 0 Å². The average molecular weight is 224 g/mol. The summed E-state index contributed by atoms with van der Waals surface area (Å²) in [6.45, 7) is 5.27. The smallest absolute Gasteiger partial charge is 0.237 e.